The average molecular weight is 424 g/mol. The normalized spacial score (nSPS) is 11.3. The van der Waals surface area contributed by atoms with Crippen LogP contribution in [0.15, 0.2) is 30.3 Å². The number of hydrogen-bond donors (Lipinski definition) is 2. The van der Waals surface area contributed by atoms with E-state index in [0.717, 1.165) is 47.5 Å². The van der Waals surface area contributed by atoms with Gasteiger partial charge in [0.2, 0.25) is 15.8 Å². The summed E-state index contributed by atoms with van der Waals surface area (Å²) in [5, 5.41) is 1.26. The van der Waals surface area contributed by atoms with Gasteiger partial charge in [0.1, 0.15) is 13.1 Å². The Balaban J connectivity index is 0.000000500. The van der Waals surface area contributed by atoms with E-state index in [9.17, 15) is 0 Å². The molecule has 0 saturated carbocycles. The lowest BCUT2D eigenvalue weighted by Crippen LogP contribution is -2.29. The third-order valence-corrected chi connectivity index (χ3v) is 5.37. The first-order chi connectivity index (χ1) is 13.2. The third-order valence-electron chi connectivity index (χ3n) is 4.27. The van der Waals surface area contributed by atoms with Crippen molar-refractivity contribution in [3.63, 3.8) is 0 Å². The van der Waals surface area contributed by atoms with Gasteiger partial charge in [0, 0.05) is 17.8 Å². The predicted molar refractivity (Wildman–Crippen MR) is 113 cm³/mol. The zero-order valence-corrected chi connectivity index (χ0v) is 17.8. The van der Waals surface area contributed by atoms with E-state index in [-0.39, 0.29) is 0 Å². The molecule has 7 nitrogen and oxygen atoms in total. The van der Waals surface area contributed by atoms with Crippen LogP contribution in [0, 0.1) is 0 Å². The van der Waals surface area contributed by atoms with Gasteiger partial charge < -0.3 is 10.3 Å². The first-order valence-electron chi connectivity index (χ1n) is 9.05. The molecule has 2 aliphatic rings. The molecular formula is C19H25N3O4S2. The van der Waals surface area contributed by atoms with Crippen LogP contribution < -0.4 is 15.7 Å². The van der Waals surface area contributed by atoms with E-state index in [1.807, 2.05) is 0 Å². The number of hydrogen-bond acceptors (Lipinski definition) is 6. The Bertz CT molecular complexity index is 1090. The fourth-order valence-corrected chi connectivity index (χ4v) is 4.02. The number of fused-ring (bicyclic) bond motifs is 2. The number of benzene rings is 2. The molecule has 0 unspecified atom stereocenters. The summed E-state index contributed by atoms with van der Waals surface area (Å²) < 4.78 is 36.3. The van der Waals surface area contributed by atoms with Crippen LogP contribution in [0.5, 0.6) is 0 Å². The number of aromatic nitrogens is 1. The summed E-state index contributed by atoms with van der Waals surface area (Å²) in [6.07, 6.45) is 2.10. The summed E-state index contributed by atoms with van der Waals surface area (Å²) in [6, 6.07) is 10.8. The van der Waals surface area contributed by atoms with Gasteiger partial charge in [-0.25, -0.2) is 18.0 Å². The molecule has 1 aromatic carbocycles. The van der Waals surface area contributed by atoms with Crippen molar-refractivity contribution >= 4 is 37.6 Å². The van der Waals surface area contributed by atoms with E-state index in [1.54, 1.807) is 11.3 Å². The molecule has 0 fully saturated rings. The molecule has 0 aromatic heterocycles. The van der Waals surface area contributed by atoms with E-state index in [1.165, 1.54) is 15.8 Å². The molecule has 152 valence electrons. The van der Waals surface area contributed by atoms with Crippen LogP contribution in [0.3, 0.4) is 0 Å². The number of nitrogen functional groups attached to an aromatic ring is 1. The first-order valence-corrected chi connectivity index (χ1v) is 11.2. The SMILES string of the molecule is CCCc1cc2nc3ccc(=[N+](CC)CC)cc-3sc2cc1N.O=S(=O)([O-])O. The van der Waals surface area contributed by atoms with Gasteiger partial charge in [-0.3, -0.25) is 4.55 Å². The predicted octanol–water partition coefficient (Wildman–Crippen LogP) is 2.75. The van der Waals surface area contributed by atoms with Gasteiger partial charge >= 0.3 is 0 Å². The van der Waals surface area contributed by atoms with Gasteiger partial charge in [0.25, 0.3) is 0 Å². The molecule has 28 heavy (non-hydrogen) atoms. The third kappa shape index (κ3) is 5.96. The molecule has 0 radical (unpaired) electrons. The number of nitrogens with zero attached hydrogens (tertiary/aromatic N) is 2. The average Bonchev–Trinajstić information content (AvgIpc) is 2.61. The Kier molecular flexibility index (Phi) is 7.48. The quantitative estimate of drug-likeness (QED) is 0.219. The summed E-state index contributed by atoms with van der Waals surface area (Å²) in [4.78, 5) is 6.06. The Hall–Kier alpha value is -2.07. The second-order valence-corrected chi connectivity index (χ2v) is 8.17. The van der Waals surface area contributed by atoms with Crippen LogP contribution in [-0.4, -0.2) is 35.6 Å². The van der Waals surface area contributed by atoms with Gasteiger partial charge in [-0.05, 0) is 44.0 Å². The van der Waals surface area contributed by atoms with Gasteiger partial charge in [0.15, 0.2) is 0 Å². The molecule has 0 amide bonds. The van der Waals surface area contributed by atoms with Crippen molar-refractivity contribution < 1.29 is 17.5 Å². The zero-order chi connectivity index (χ0) is 20.9. The number of aryl methyl sites for hydroxylation is 1. The Labute approximate surface area is 169 Å². The van der Waals surface area contributed by atoms with Crippen molar-refractivity contribution in [3.05, 3.63) is 41.3 Å². The Morgan fingerprint density at radius 3 is 2.39 bits per heavy atom. The highest BCUT2D eigenvalue weighted by atomic mass is 32.3. The van der Waals surface area contributed by atoms with Crippen LogP contribution in [-0.2, 0) is 16.8 Å². The van der Waals surface area contributed by atoms with Crippen molar-refractivity contribution in [1.82, 2.24) is 9.56 Å². The first kappa shape index (κ1) is 22.2. The molecule has 0 atom stereocenters. The number of nitrogens with two attached hydrogens (primary N) is 1. The Morgan fingerprint density at radius 1 is 1.18 bits per heavy atom. The monoisotopic (exact) mass is 423 g/mol. The fourth-order valence-electron chi connectivity index (χ4n) is 2.99. The van der Waals surface area contributed by atoms with Crippen LogP contribution in [0.2, 0.25) is 0 Å². The van der Waals surface area contributed by atoms with Gasteiger partial charge in [-0.15, -0.1) is 11.3 Å². The second-order valence-electron chi connectivity index (χ2n) is 6.23. The molecule has 0 saturated heterocycles. The van der Waals surface area contributed by atoms with Gasteiger partial charge in [0.05, 0.1) is 20.8 Å². The van der Waals surface area contributed by atoms with E-state index < -0.39 is 10.4 Å². The van der Waals surface area contributed by atoms with Crippen LogP contribution in [0.4, 0.5) is 5.69 Å². The summed E-state index contributed by atoms with van der Waals surface area (Å²) in [5.41, 5.74) is 10.4. The molecule has 3 N–H and O–H groups in total. The van der Waals surface area contributed by atoms with Crippen LogP contribution in [0.25, 0.3) is 20.8 Å². The molecule has 1 aliphatic carbocycles. The maximum atomic E-state index is 8.63. The van der Waals surface area contributed by atoms with Crippen LogP contribution >= 0.6 is 11.3 Å². The van der Waals surface area contributed by atoms with E-state index in [2.05, 4.69) is 55.7 Å². The lowest BCUT2D eigenvalue weighted by Gasteiger charge is -2.09. The molecule has 1 aliphatic heterocycles. The zero-order valence-electron chi connectivity index (χ0n) is 16.2. The van der Waals surface area contributed by atoms with E-state index >= 15 is 0 Å². The fraction of sp³-hybridized carbons (Fsp3) is 0.368. The largest absolute Gasteiger partial charge is 0.726 e. The van der Waals surface area contributed by atoms with E-state index in [4.69, 9.17) is 28.2 Å². The number of anilines is 1. The minimum atomic E-state index is -4.92. The van der Waals surface area contributed by atoms with Gasteiger partial charge in [-0.2, -0.15) is 0 Å². The summed E-state index contributed by atoms with van der Waals surface area (Å²) in [6.45, 7) is 8.58. The molecule has 9 heteroatoms. The standard InChI is InChI=1S/C19H23N3S.H2O4S/c1-4-7-13-10-17-19(12-15(13)20)23-18-11-14(22(5-2)6-3)8-9-16(18)21-17;1-5(2,3)4/h8-12,20H,4-7H2,1-3H3;(H2,1,2,3,4). The molecule has 3 rings (SSSR count). The van der Waals surface area contributed by atoms with Crippen molar-refractivity contribution in [2.75, 3.05) is 18.8 Å². The maximum absolute atomic E-state index is 8.63. The molecule has 1 aromatic rings. The maximum Gasteiger partial charge on any atom is 0.215 e. The highest BCUT2D eigenvalue weighted by Crippen LogP contribution is 2.32. The van der Waals surface area contributed by atoms with Crippen LogP contribution in [0.1, 0.15) is 32.8 Å². The summed E-state index contributed by atoms with van der Waals surface area (Å²) >= 11 is 1.78. The molecule has 1 heterocycles. The van der Waals surface area contributed by atoms with Crippen molar-refractivity contribution in [2.45, 2.75) is 33.6 Å². The smallest absolute Gasteiger partial charge is 0.215 e. The lowest BCUT2D eigenvalue weighted by molar-refractivity contribution is 0.366. The van der Waals surface area contributed by atoms with Gasteiger partial charge in [-0.1, -0.05) is 13.3 Å². The highest BCUT2D eigenvalue weighted by molar-refractivity contribution is 7.79. The lowest BCUT2D eigenvalue weighted by atomic mass is 10.1. The highest BCUT2D eigenvalue weighted by Gasteiger charge is 2.11. The molecular weight excluding hydrogens is 398 g/mol. The number of rotatable bonds is 4. The molecule has 0 spiro atoms. The minimum absolute atomic E-state index is 0.886. The summed E-state index contributed by atoms with van der Waals surface area (Å²) in [5.74, 6) is 0. The van der Waals surface area contributed by atoms with E-state index in [0.29, 0.717) is 0 Å². The van der Waals surface area contributed by atoms with Crippen molar-refractivity contribution in [1.29, 1.82) is 0 Å². The molecule has 0 bridgehead atoms. The second kappa shape index (κ2) is 9.42. The topological polar surface area (TPSA) is 119 Å². The minimum Gasteiger partial charge on any atom is -0.726 e. The van der Waals surface area contributed by atoms with Crippen molar-refractivity contribution in [3.8, 4) is 10.6 Å². The summed E-state index contributed by atoms with van der Waals surface area (Å²) in [7, 11) is -4.92. The Morgan fingerprint density at radius 2 is 1.82 bits per heavy atom. The van der Waals surface area contributed by atoms with Crippen molar-refractivity contribution in [2.24, 2.45) is 0 Å².